The fourth-order valence-electron chi connectivity index (χ4n) is 2.21. The summed E-state index contributed by atoms with van der Waals surface area (Å²) in [7, 11) is -2.94. The summed E-state index contributed by atoms with van der Waals surface area (Å²) < 4.78 is 33.1. The molecule has 0 N–H and O–H groups in total. The van der Waals surface area contributed by atoms with Gasteiger partial charge in [-0.1, -0.05) is 0 Å². The highest BCUT2D eigenvalue weighted by Crippen LogP contribution is 2.46. The highest BCUT2D eigenvalue weighted by Gasteiger charge is 2.61. The van der Waals surface area contributed by atoms with Crippen LogP contribution in [0.15, 0.2) is 0 Å². The van der Waals surface area contributed by atoms with Crippen LogP contribution in [-0.2, 0) is 24.1 Å². The number of epoxide rings is 1. The van der Waals surface area contributed by atoms with Gasteiger partial charge in [0.2, 0.25) is 0 Å². The summed E-state index contributed by atoms with van der Waals surface area (Å²) in [4.78, 5) is 11.5. The fourth-order valence-corrected chi connectivity index (χ4v) is 3.65. The van der Waals surface area contributed by atoms with Gasteiger partial charge in [-0.05, 0) is 26.2 Å². The van der Waals surface area contributed by atoms with E-state index in [1.54, 1.807) is 6.92 Å². The molecule has 0 aromatic rings. The van der Waals surface area contributed by atoms with Crippen LogP contribution in [-0.4, -0.2) is 44.2 Å². The van der Waals surface area contributed by atoms with Gasteiger partial charge in [0.1, 0.15) is 15.4 Å². The maximum atomic E-state index is 11.5. The van der Waals surface area contributed by atoms with Crippen LogP contribution >= 0.6 is 0 Å². The van der Waals surface area contributed by atoms with Gasteiger partial charge < -0.3 is 9.47 Å². The van der Waals surface area contributed by atoms with Crippen molar-refractivity contribution in [3.05, 3.63) is 0 Å². The molecule has 16 heavy (non-hydrogen) atoms. The topological polar surface area (TPSA) is 73.0 Å². The molecular weight excluding hydrogens is 232 g/mol. The Bertz CT molecular complexity index is 388. The van der Waals surface area contributed by atoms with Gasteiger partial charge >= 0.3 is 5.97 Å². The third-order valence-corrected chi connectivity index (χ3v) is 4.90. The van der Waals surface area contributed by atoms with Gasteiger partial charge in [0.05, 0.1) is 18.1 Å². The minimum atomic E-state index is -2.94. The molecule has 2 unspecified atom stereocenters. The van der Waals surface area contributed by atoms with Crippen LogP contribution in [0.2, 0.25) is 0 Å². The molecule has 2 aliphatic heterocycles. The Kier molecular flexibility index (Phi) is 2.96. The van der Waals surface area contributed by atoms with Crippen molar-refractivity contribution >= 4 is 15.8 Å². The number of sulfone groups is 1. The minimum absolute atomic E-state index is 0.114. The first kappa shape index (κ1) is 11.9. The van der Waals surface area contributed by atoms with E-state index in [-0.39, 0.29) is 17.5 Å². The molecule has 0 aliphatic carbocycles. The summed E-state index contributed by atoms with van der Waals surface area (Å²) in [6.07, 6.45) is 1.08. The van der Waals surface area contributed by atoms with Crippen molar-refractivity contribution in [3.63, 3.8) is 0 Å². The summed E-state index contributed by atoms with van der Waals surface area (Å²) in [6.45, 7) is 2.07. The number of rotatable bonds is 2. The van der Waals surface area contributed by atoms with Gasteiger partial charge in [0, 0.05) is 0 Å². The van der Waals surface area contributed by atoms with E-state index in [1.165, 1.54) is 0 Å². The predicted molar refractivity (Wildman–Crippen MR) is 56.7 cm³/mol. The molecule has 6 heteroatoms. The molecule has 0 radical (unpaired) electrons. The predicted octanol–water partition coefficient (Wildman–Crippen LogP) is 0.286. The SMILES string of the molecule is CCOC(=O)C1OC12CCCS(=O)(=O)CC2. The van der Waals surface area contributed by atoms with Gasteiger partial charge in [-0.3, -0.25) is 0 Å². The fraction of sp³-hybridized carbons (Fsp3) is 0.900. The summed E-state index contributed by atoms with van der Waals surface area (Å²) >= 11 is 0. The Morgan fingerprint density at radius 3 is 2.88 bits per heavy atom. The minimum Gasteiger partial charge on any atom is -0.464 e. The molecule has 1 spiro atoms. The normalized spacial score (nSPS) is 36.7. The van der Waals surface area contributed by atoms with E-state index < -0.39 is 21.5 Å². The van der Waals surface area contributed by atoms with Crippen LogP contribution in [0.4, 0.5) is 0 Å². The Labute approximate surface area is 95.0 Å². The lowest BCUT2D eigenvalue weighted by Gasteiger charge is -2.06. The van der Waals surface area contributed by atoms with Gasteiger partial charge in [0.25, 0.3) is 0 Å². The first-order chi connectivity index (χ1) is 7.49. The molecule has 2 rings (SSSR count). The zero-order chi connectivity index (χ0) is 11.8. The monoisotopic (exact) mass is 248 g/mol. The second kappa shape index (κ2) is 4.00. The number of carbonyl (C=O) groups is 1. The Balaban J connectivity index is 1.99. The standard InChI is InChI=1S/C10H16O5S/c1-2-14-9(11)8-10(15-8)4-3-6-16(12,13)7-5-10/h8H,2-7H2,1H3. The van der Waals surface area contributed by atoms with Crippen molar-refractivity contribution in [2.75, 3.05) is 18.1 Å². The smallest absolute Gasteiger partial charge is 0.338 e. The highest BCUT2D eigenvalue weighted by molar-refractivity contribution is 7.91. The summed E-state index contributed by atoms with van der Waals surface area (Å²) in [6, 6.07) is 0. The number of esters is 1. The lowest BCUT2D eigenvalue weighted by molar-refractivity contribution is -0.144. The third-order valence-electron chi connectivity index (χ3n) is 3.17. The second-order valence-corrected chi connectivity index (χ2v) is 6.62. The second-order valence-electron chi connectivity index (χ2n) is 4.32. The maximum Gasteiger partial charge on any atom is 0.338 e. The largest absolute Gasteiger partial charge is 0.464 e. The summed E-state index contributed by atoms with van der Waals surface area (Å²) in [5, 5.41) is 0. The molecule has 5 nitrogen and oxygen atoms in total. The highest BCUT2D eigenvalue weighted by atomic mass is 32.2. The van der Waals surface area contributed by atoms with Crippen LogP contribution in [0.3, 0.4) is 0 Å². The van der Waals surface area contributed by atoms with Crippen molar-refractivity contribution in [1.82, 2.24) is 0 Å². The number of ether oxygens (including phenoxy) is 2. The average Bonchev–Trinajstić information content (AvgIpc) is 2.93. The molecule has 2 atom stereocenters. The average molecular weight is 248 g/mol. The molecule has 92 valence electrons. The molecule has 2 fully saturated rings. The molecule has 0 bridgehead atoms. The molecule has 2 heterocycles. The first-order valence-electron chi connectivity index (χ1n) is 5.54. The van der Waals surface area contributed by atoms with Crippen molar-refractivity contribution in [2.24, 2.45) is 0 Å². The Hall–Kier alpha value is -0.620. The Morgan fingerprint density at radius 2 is 2.19 bits per heavy atom. The zero-order valence-corrected chi connectivity index (χ0v) is 10.1. The lowest BCUT2D eigenvalue weighted by atomic mass is 9.97. The van der Waals surface area contributed by atoms with E-state index in [1.807, 2.05) is 0 Å². The Morgan fingerprint density at radius 1 is 1.44 bits per heavy atom. The molecular formula is C10H16O5S. The van der Waals surface area contributed by atoms with E-state index in [2.05, 4.69) is 0 Å². The molecule has 0 aromatic carbocycles. The van der Waals surface area contributed by atoms with Crippen molar-refractivity contribution in [3.8, 4) is 0 Å². The summed E-state index contributed by atoms with van der Waals surface area (Å²) in [5.41, 5.74) is -0.546. The van der Waals surface area contributed by atoms with E-state index >= 15 is 0 Å². The van der Waals surface area contributed by atoms with Crippen LogP contribution in [0.25, 0.3) is 0 Å². The third kappa shape index (κ3) is 2.22. The van der Waals surface area contributed by atoms with Crippen LogP contribution < -0.4 is 0 Å². The van der Waals surface area contributed by atoms with E-state index in [4.69, 9.17) is 9.47 Å². The molecule has 0 aromatic heterocycles. The first-order valence-corrected chi connectivity index (χ1v) is 7.36. The van der Waals surface area contributed by atoms with Crippen molar-refractivity contribution in [2.45, 2.75) is 37.9 Å². The lowest BCUT2D eigenvalue weighted by Crippen LogP contribution is -2.23. The van der Waals surface area contributed by atoms with E-state index in [0.29, 0.717) is 25.9 Å². The van der Waals surface area contributed by atoms with Crippen LogP contribution in [0, 0.1) is 0 Å². The van der Waals surface area contributed by atoms with Crippen molar-refractivity contribution in [1.29, 1.82) is 0 Å². The van der Waals surface area contributed by atoms with Gasteiger partial charge in [0.15, 0.2) is 6.10 Å². The number of carbonyl (C=O) groups excluding carboxylic acids is 1. The van der Waals surface area contributed by atoms with E-state index in [9.17, 15) is 13.2 Å². The van der Waals surface area contributed by atoms with Gasteiger partial charge in [-0.25, -0.2) is 13.2 Å². The molecule has 0 amide bonds. The molecule has 0 saturated carbocycles. The zero-order valence-electron chi connectivity index (χ0n) is 9.27. The van der Waals surface area contributed by atoms with Gasteiger partial charge in [-0.15, -0.1) is 0 Å². The maximum absolute atomic E-state index is 11.5. The van der Waals surface area contributed by atoms with Crippen LogP contribution in [0.1, 0.15) is 26.2 Å². The van der Waals surface area contributed by atoms with Crippen LogP contribution in [0.5, 0.6) is 0 Å². The number of hydrogen-bond acceptors (Lipinski definition) is 5. The molecule has 2 saturated heterocycles. The quantitative estimate of drug-likeness (QED) is 0.518. The number of hydrogen-bond donors (Lipinski definition) is 0. The van der Waals surface area contributed by atoms with E-state index in [0.717, 1.165) is 0 Å². The van der Waals surface area contributed by atoms with Gasteiger partial charge in [-0.2, -0.15) is 0 Å². The molecule has 2 aliphatic rings. The summed E-state index contributed by atoms with van der Waals surface area (Å²) in [5.74, 6) is -0.0434. The van der Waals surface area contributed by atoms with Crippen molar-refractivity contribution < 1.29 is 22.7 Å².